The normalized spacial score (nSPS) is 35.3. The second kappa shape index (κ2) is 6.23. The van der Waals surface area contributed by atoms with Crippen molar-refractivity contribution in [2.24, 2.45) is 11.8 Å². The van der Waals surface area contributed by atoms with Crippen LogP contribution in [0.15, 0.2) is 0 Å². The fraction of sp³-hybridized carbons (Fsp3) is 0.933. The first-order valence-corrected chi connectivity index (χ1v) is 7.94. The highest BCUT2D eigenvalue weighted by Gasteiger charge is 2.41. The topological polar surface area (TPSA) is 50.4 Å². The number of hydrogen-bond acceptors (Lipinski definition) is 3. The molecule has 3 rings (SSSR count). The number of ether oxygens (including phenoxy) is 1. The molecule has 0 aromatic carbocycles. The summed E-state index contributed by atoms with van der Waals surface area (Å²) in [5.74, 6) is 1.64. The van der Waals surface area contributed by atoms with Crippen LogP contribution < -0.4 is 10.6 Å². The van der Waals surface area contributed by atoms with Gasteiger partial charge in [0.1, 0.15) is 0 Å². The molecule has 4 nitrogen and oxygen atoms in total. The lowest BCUT2D eigenvalue weighted by Crippen LogP contribution is -2.41. The number of carbonyl (C=O) groups is 1. The van der Waals surface area contributed by atoms with E-state index in [0.29, 0.717) is 18.4 Å². The lowest BCUT2D eigenvalue weighted by molar-refractivity contribution is -0.122. The van der Waals surface area contributed by atoms with Crippen molar-refractivity contribution < 1.29 is 9.53 Å². The van der Waals surface area contributed by atoms with Crippen molar-refractivity contribution in [3.63, 3.8) is 0 Å². The van der Waals surface area contributed by atoms with Gasteiger partial charge in [0.15, 0.2) is 0 Å². The first-order valence-electron chi connectivity index (χ1n) is 7.94. The molecule has 2 saturated heterocycles. The molecule has 2 aliphatic heterocycles. The van der Waals surface area contributed by atoms with Gasteiger partial charge in [-0.2, -0.15) is 0 Å². The number of hydrogen-bond donors (Lipinski definition) is 2. The van der Waals surface area contributed by atoms with Crippen LogP contribution in [0.25, 0.3) is 0 Å². The van der Waals surface area contributed by atoms with E-state index in [1.165, 1.54) is 25.7 Å². The number of piperidine rings is 1. The highest BCUT2D eigenvalue weighted by molar-refractivity contribution is 5.76. The van der Waals surface area contributed by atoms with Crippen LogP contribution in [0.2, 0.25) is 0 Å². The van der Waals surface area contributed by atoms with Crippen molar-refractivity contribution in [1.29, 1.82) is 0 Å². The highest BCUT2D eigenvalue weighted by atomic mass is 16.5. The van der Waals surface area contributed by atoms with E-state index in [2.05, 4.69) is 10.6 Å². The van der Waals surface area contributed by atoms with Crippen molar-refractivity contribution in [2.45, 2.75) is 57.1 Å². The summed E-state index contributed by atoms with van der Waals surface area (Å²) < 4.78 is 5.76. The molecule has 1 amide bonds. The molecule has 0 bridgehead atoms. The molecule has 3 aliphatic rings. The first-order chi connectivity index (χ1) is 9.33. The largest absolute Gasteiger partial charge is 0.376 e. The molecule has 0 aromatic heterocycles. The second-order valence-electron chi connectivity index (χ2n) is 6.39. The zero-order valence-corrected chi connectivity index (χ0v) is 11.7. The Morgan fingerprint density at radius 3 is 2.89 bits per heavy atom. The van der Waals surface area contributed by atoms with E-state index >= 15 is 0 Å². The summed E-state index contributed by atoms with van der Waals surface area (Å²) in [6.45, 7) is 3.05. The number of rotatable bonds is 5. The SMILES string of the molecule is O=C(CCC1CCCNC1)NC1CCOC1C1CC1. The Morgan fingerprint density at radius 1 is 1.26 bits per heavy atom. The summed E-state index contributed by atoms with van der Waals surface area (Å²) in [5, 5.41) is 6.62. The third-order valence-electron chi connectivity index (χ3n) is 4.75. The van der Waals surface area contributed by atoms with Crippen LogP contribution in [0.5, 0.6) is 0 Å². The molecule has 0 spiro atoms. The van der Waals surface area contributed by atoms with E-state index in [-0.39, 0.29) is 11.9 Å². The van der Waals surface area contributed by atoms with E-state index in [4.69, 9.17) is 4.74 Å². The first kappa shape index (κ1) is 13.4. The molecular weight excluding hydrogens is 240 g/mol. The van der Waals surface area contributed by atoms with Crippen LogP contribution in [0, 0.1) is 11.8 Å². The molecule has 1 aliphatic carbocycles. The van der Waals surface area contributed by atoms with Gasteiger partial charge in [-0.1, -0.05) is 0 Å². The fourth-order valence-electron chi connectivity index (χ4n) is 3.44. The highest BCUT2D eigenvalue weighted by Crippen LogP contribution is 2.38. The third kappa shape index (κ3) is 3.69. The summed E-state index contributed by atoms with van der Waals surface area (Å²) in [4.78, 5) is 12.0. The Hall–Kier alpha value is -0.610. The quantitative estimate of drug-likeness (QED) is 0.792. The molecule has 3 atom stereocenters. The minimum atomic E-state index is 0.228. The number of nitrogens with one attached hydrogen (secondary N) is 2. The maximum atomic E-state index is 12.0. The predicted molar refractivity (Wildman–Crippen MR) is 73.8 cm³/mol. The van der Waals surface area contributed by atoms with Crippen molar-refractivity contribution in [2.75, 3.05) is 19.7 Å². The van der Waals surface area contributed by atoms with E-state index in [1.54, 1.807) is 0 Å². The molecule has 0 aromatic rings. The van der Waals surface area contributed by atoms with E-state index < -0.39 is 0 Å². The molecule has 0 radical (unpaired) electrons. The van der Waals surface area contributed by atoms with Crippen LogP contribution in [-0.2, 0) is 9.53 Å². The smallest absolute Gasteiger partial charge is 0.220 e. The summed E-state index contributed by atoms with van der Waals surface area (Å²) >= 11 is 0. The van der Waals surface area contributed by atoms with Gasteiger partial charge in [-0.25, -0.2) is 0 Å². The molecule has 2 N–H and O–H groups in total. The summed E-state index contributed by atoms with van der Waals surface area (Å²) in [5.41, 5.74) is 0. The van der Waals surface area contributed by atoms with E-state index in [0.717, 1.165) is 38.5 Å². The Bertz CT molecular complexity index is 311. The lowest BCUT2D eigenvalue weighted by Gasteiger charge is -2.23. The molecule has 3 unspecified atom stereocenters. The molecule has 19 heavy (non-hydrogen) atoms. The van der Waals surface area contributed by atoms with Crippen molar-refractivity contribution in [1.82, 2.24) is 10.6 Å². The average molecular weight is 266 g/mol. The van der Waals surface area contributed by atoms with E-state index in [1.807, 2.05) is 0 Å². The molecular formula is C15H26N2O2. The fourth-order valence-corrected chi connectivity index (χ4v) is 3.44. The van der Waals surface area contributed by atoms with Gasteiger partial charge < -0.3 is 15.4 Å². The monoisotopic (exact) mass is 266 g/mol. The minimum Gasteiger partial charge on any atom is -0.376 e. The standard InChI is InChI=1S/C15H26N2O2/c18-14(6-3-11-2-1-8-16-10-11)17-13-7-9-19-15(13)12-4-5-12/h11-13,15-16H,1-10H2,(H,17,18). The maximum absolute atomic E-state index is 12.0. The Kier molecular flexibility index (Phi) is 4.38. The van der Waals surface area contributed by atoms with Gasteiger partial charge >= 0.3 is 0 Å². The molecule has 108 valence electrons. The zero-order valence-electron chi connectivity index (χ0n) is 11.7. The van der Waals surface area contributed by atoms with Crippen LogP contribution in [0.1, 0.15) is 44.9 Å². The molecule has 3 fully saturated rings. The summed E-state index contributed by atoms with van der Waals surface area (Å²) in [6, 6.07) is 0.282. The molecule has 4 heteroatoms. The average Bonchev–Trinajstić information content (AvgIpc) is 3.18. The molecule has 1 saturated carbocycles. The van der Waals surface area contributed by atoms with Crippen molar-refractivity contribution in [3.8, 4) is 0 Å². The van der Waals surface area contributed by atoms with Gasteiger partial charge in [-0.05, 0) is 63.5 Å². The minimum absolute atomic E-state index is 0.228. The Morgan fingerprint density at radius 2 is 2.16 bits per heavy atom. The van der Waals surface area contributed by atoms with Crippen LogP contribution in [0.3, 0.4) is 0 Å². The maximum Gasteiger partial charge on any atom is 0.220 e. The van der Waals surface area contributed by atoms with Gasteiger partial charge in [-0.3, -0.25) is 4.79 Å². The van der Waals surface area contributed by atoms with Crippen LogP contribution in [0.4, 0.5) is 0 Å². The van der Waals surface area contributed by atoms with Crippen LogP contribution in [-0.4, -0.2) is 37.7 Å². The third-order valence-corrected chi connectivity index (χ3v) is 4.75. The Balaban J connectivity index is 1.38. The molecule has 2 heterocycles. The number of carbonyl (C=O) groups excluding carboxylic acids is 1. The van der Waals surface area contributed by atoms with Gasteiger partial charge in [0.2, 0.25) is 5.91 Å². The van der Waals surface area contributed by atoms with E-state index in [9.17, 15) is 4.79 Å². The second-order valence-corrected chi connectivity index (χ2v) is 6.39. The van der Waals surface area contributed by atoms with Gasteiger partial charge in [0.25, 0.3) is 0 Å². The summed E-state index contributed by atoms with van der Waals surface area (Å²) in [6.07, 6.45) is 8.11. The van der Waals surface area contributed by atoms with Gasteiger partial charge in [0.05, 0.1) is 12.1 Å². The van der Waals surface area contributed by atoms with Crippen molar-refractivity contribution >= 4 is 5.91 Å². The zero-order chi connectivity index (χ0) is 13.1. The lowest BCUT2D eigenvalue weighted by atomic mass is 9.94. The van der Waals surface area contributed by atoms with Crippen molar-refractivity contribution in [3.05, 3.63) is 0 Å². The van der Waals surface area contributed by atoms with Crippen LogP contribution >= 0.6 is 0 Å². The van der Waals surface area contributed by atoms with Gasteiger partial charge in [-0.15, -0.1) is 0 Å². The Labute approximate surface area is 115 Å². The van der Waals surface area contributed by atoms with Gasteiger partial charge in [0, 0.05) is 13.0 Å². The number of amides is 1. The summed E-state index contributed by atoms with van der Waals surface area (Å²) in [7, 11) is 0. The predicted octanol–water partition coefficient (Wildman–Crippen LogP) is 1.45.